The largest absolute Gasteiger partial charge is 0.378 e. The number of sulfonamides is 1. The molecule has 0 aliphatic carbocycles. The van der Waals surface area contributed by atoms with Crippen molar-refractivity contribution in [2.24, 2.45) is 0 Å². The Kier molecular flexibility index (Phi) is 4.90. The van der Waals surface area contributed by atoms with Crippen molar-refractivity contribution in [3.05, 3.63) is 54.2 Å². The van der Waals surface area contributed by atoms with Crippen LogP contribution in [0.25, 0.3) is 21.1 Å². The van der Waals surface area contributed by atoms with E-state index in [4.69, 9.17) is 4.74 Å². The summed E-state index contributed by atoms with van der Waals surface area (Å²) in [6.45, 7) is 3.03. The molecule has 0 bridgehead atoms. The maximum absolute atomic E-state index is 13.3. The summed E-state index contributed by atoms with van der Waals surface area (Å²) in [6, 6.07) is 12.7. The van der Waals surface area contributed by atoms with E-state index in [2.05, 4.69) is 15.3 Å². The number of nitrogens with zero attached hydrogens (tertiary/aromatic N) is 3. The van der Waals surface area contributed by atoms with E-state index in [1.165, 1.54) is 4.31 Å². The zero-order valence-electron chi connectivity index (χ0n) is 16.3. The van der Waals surface area contributed by atoms with Crippen molar-refractivity contribution >= 4 is 53.9 Å². The Morgan fingerprint density at radius 1 is 1.13 bits per heavy atom. The van der Waals surface area contributed by atoms with Crippen LogP contribution in [-0.4, -0.2) is 48.5 Å². The Labute approximate surface area is 178 Å². The normalized spacial score (nSPS) is 18.1. The zero-order chi connectivity index (χ0) is 20.7. The van der Waals surface area contributed by atoms with E-state index in [9.17, 15) is 8.42 Å². The second-order valence-electron chi connectivity index (χ2n) is 7.24. The third-order valence-electron chi connectivity index (χ3n) is 5.24. The smallest absolute Gasteiger partial charge is 0.243 e. The lowest BCUT2D eigenvalue weighted by atomic mass is 10.2. The number of benzene rings is 2. The number of hydrogen-bond donors (Lipinski definition) is 1. The van der Waals surface area contributed by atoms with Crippen molar-refractivity contribution in [2.45, 2.75) is 17.9 Å². The number of pyridine rings is 1. The molecule has 0 spiro atoms. The van der Waals surface area contributed by atoms with Gasteiger partial charge in [-0.2, -0.15) is 4.31 Å². The Balaban J connectivity index is 1.55. The number of anilines is 2. The first-order chi connectivity index (χ1) is 14.5. The van der Waals surface area contributed by atoms with E-state index in [0.29, 0.717) is 19.8 Å². The van der Waals surface area contributed by atoms with E-state index in [1.807, 2.05) is 36.7 Å². The van der Waals surface area contributed by atoms with Gasteiger partial charge in [-0.3, -0.25) is 4.98 Å². The Hall–Kier alpha value is -2.59. The summed E-state index contributed by atoms with van der Waals surface area (Å²) in [4.78, 5) is 9.02. The maximum atomic E-state index is 13.3. The molecule has 9 heteroatoms. The molecule has 1 atom stereocenters. The average molecular weight is 441 g/mol. The van der Waals surface area contributed by atoms with Crippen molar-refractivity contribution in [2.75, 3.05) is 25.1 Å². The van der Waals surface area contributed by atoms with Gasteiger partial charge in [0.25, 0.3) is 0 Å². The highest BCUT2D eigenvalue weighted by Gasteiger charge is 2.31. The van der Waals surface area contributed by atoms with Gasteiger partial charge in [-0.15, -0.1) is 11.3 Å². The molecule has 0 saturated carbocycles. The fraction of sp³-hybridized carbons (Fsp3) is 0.238. The number of ether oxygens (including phenoxy) is 1. The number of rotatable bonds is 4. The van der Waals surface area contributed by atoms with E-state index >= 15 is 0 Å². The fourth-order valence-corrected chi connectivity index (χ4v) is 5.98. The number of morpholine rings is 1. The molecule has 2 aromatic carbocycles. The minimum Gasteiger partial charge on any atom is -0.378 e. The third-order valence-corrected chi connectivity index (χ3v) is 8.06. The van der Waals surface area contributed by atoms with Crippen LogP contribution in [0.3, 0.4) is 0 Å². The summed E-state index contributed by atoms with van der Waals surface area (Å²) < 4.78 is 34.5. The molecule has 2 aromatic heterocycles. The van der Waals surface area contributed by atoms with Crippen LogP contribution in [0.1, 0.15) is 6.92 Å². The van der Waals surface area contributed by atoms with Crippen molar-refractivity contribution in [1.29, 1.82) is 0 Å². The van der Waals surface area contributed by atoms with Crippen LogP contribution in [0.2, 0.25) is 0 Å². The van der Waals surface area contributed by atoms with Crippen LogP contribution in [0.5, 0.6) is 0 Å². The second kappa shape index (κ2) is 7.59. The molecule has 30 heavy (non-hydrogen) atoms. The highest BCUT2D eigenvalue weighted by Crippen LogP contribution is 2.30. The van der Waals surface area contributed by atoms with Crippen LogP contribution in [0.4, 0.5) is 11.4 Å². The molecule has 1 N–H and O–H groups in total. The zero-order valence-corrected chi connectivity index (χ0v) is 17.9. The van der Waals surface area contributed by atoms with E-state index < -0.39 is 10.0 Å². The van der Waals surface area contributed by atoms with Crippen molar-refractivity contribution in [3.8, 4) is 0 Å². The number of fused-ring (bicyclic) bond motifs is 2. The second-order valence-corrected chi connectivity index (χ2v) is 10.0. The first-order valence-electron chi connectivity index (χ1n) is 9.61. The molecule has 154 valence electrons. The minimum absolute atomic E-state index is 0.198. The van der Waals surface area contributed by atoms with Gasteiger partial charge in [0.2, 0.25) is 10.0 Å². The molecule has 5 rings (SSSR count). The maximum Gasteiger partial charge on any atom is 0.243 e. The van der Waals surface area contributed by atoms with E-state index in [1.54, 1.807) is 35.7 Å². The molecule has 1 saturated heterocycles. The summed E-state index contributed by atoms with van der Waals surface area (Å²) in [5, 5.41) is 4.14. The molecule has 1 fully saturated rings. The average Bonchev–Trinajstić information content (AvgIpc) is 3.22. The number of hydrogen-bond acceptors (Lipinski definition) is 7. The molecule has 1 aliphatic heterocycles. The Morgan fingerprint density at radius 2 is 2.03 bits per heavy atom. The van der Waals surface area contributed by atoms with E-state index in [-0.39, 0.29) is 10.9 Å². The Morgan fingerprint density at radius 3 is 2.90 bits per heavy atom. The van der Waals surface area contributed by atoms with Gasteiger partial charge in [-0.25, -0.2) is 13.4 Å². The SMILES string of the molecule is C[C@H]1COCCN1S(=O)(=O)c1ccc2nccc(Nc3ccc4scnc4c3)c2c1. The highest BCUT2D eigenvalue weighted by atomic mass is 32.2. The first-order valence-corrected chi connectivity index (χ1v) is 11.9. The van der Waals surface area contributed by atoms with Crippen molar-refractivity contribution in [1.82, 2.24) is 14.3 Å². The predicted octanol–water partition coefficient (Wildman–Crippen LogP) is 4.00. The third kappa shape index (κ3) is 3.43. The van der Waals surface area contributed by atoms with Crippen LogP contribution in [-0.2, 0) is 14.8 Å². The van der Waals surface area contributed by atoms with Crippen molar-refractivity contribution in [3.63, 3.8) is 0 Å². The summed E-state index contributed by atoms with van der Waals surface area (Å²) in [7, 11) is -3.62. The lowest BCUT2D eigenvalue weighted by Crippen LogP contribution is -2.46. The van der Waals surface area contributed by atoms with Crippen LogP contribution in [0.15, 0.2) is 59.1 Å². The van der Waals surface area contributed by atoms with Gasteiger partial charge in [0, 0.05) is 35.5 Å². The topological polar surface area (TPSA) is 84.4 Å². The molecular formula is C21H20N4O3S2. The standard InChI is InChI=1S/C21H20N4O3S2/c1-14-12-28-9-8-25(14)30(26,27)16-3-4-18-17(11-16)19(6-7-22-18)24-15-2-5-21-20(10-15)23-13-29-21/h2-7,10-11,13-14H,8-9,12H2,1H3,(H,22,24)/t14-/m0/s1. The van der Waals surface area contributed by atoms with Crippen LogP contribution in [0, 0.1) is 0 Å². The van der Waals surface area contributed by atoms with Gasteiger partial charge in [-0.1, -0.05) is 0 Å². The molecule has 7 nitrogen and oxygen atoms in total. The quantitative estimate of drug-likeness (QED) is 0.516. The summed E-state index contributed by atoms with van der Waals surface area (Å²) in [6.07, 6.45) is 1.71. The van der Waals surface area contributed by atoms with Gasteiger partial charge in [0.05, 0.1) is 39.4 Å². The molecule has 0 radical (unpaired) electrons. The number of aromatic nitrogens is 2. The van der Waals surface area contributed by atoms with Gasteiger partial charge in [0.1, 0.15) is 0 Å². The molecular weight excluding hydrogens is 420 g/mol. The van der Waals surface area contributed by atoms with Gasteiger partial charge < -0.3 is 10.1 Å². The lowest BCUT2D eigenvalue weighted by molar-refractivity contribution is 0.0393. The summed E-state index contributed by atoms with van der Waals surface area (Å²) in [5.74, 6) is 0. The summed E-state index contributed by atoms with van der Waals surface area (Å²) >= 11 is 1.59. The first kappa shape index (κ1) is 19.4. The summed E-state index contributed by atoms with van der Waals surface area (Å²) in [5.41, 5.74) is 5.15. The number of thiazole rings is 1. The lowest BCUT2D eigenvalue weighted by Gasteiger charge is -2.32. The van der Waals surface area contributed by atoms with Gasteiger partial charge in [-0.05, 0) is 49.4 Å². The van der Waals surface area contributed by atoms with E-state index in [0.717, 1.165) is 32.5 Å². The van der Waals surface area contributed by atoms with Crippen molar-refractivity contribution < 1.29 is 13.2 Å². The molecule has 0 unspecified atom stereocenters. The monoisotopic (exact) mass is 440 g/mol. The van der Waals surface area contributed by atoms with Gasteiger partial charge >= 0.3 is 0 Å². The van der Waals surface area contributed by atoms with Crippen LogP contribution >= 0.6 is 11.3 Å². The highest BCUT2D eigenvalue weighted by molar-refractivity contribution is 7.89. The predicted molar refractivity (Wildman–Crippen MR) is 119 cm³/mol. The minimum atomic E-state index is -3.62. The van der Waals surface area contributed by atoms with Gasteiger partial charge in [0.15, 0.2) is 0 Å². The molecule has 3 heterocycles. The fourth-order valence-electron chi connectivity index (χ4n) is 3.69. The molecule has 4 aromatic rings. The Bertz CT molecular complexity index is 1340. The number of nitrogens with one attached hydrogen (secondary N) is 1. The van der Waals surface area contributed by atoms with Crippen LogP contribution < -0.4 is 5.32 Å². The molecule has 0 amide bonds. The molecule has 1 aliphatic rings.